The van der Waals surface area contributed by atoms with E-state index in [4.69, 9.17) is 0 Å². The van der Waals surface area contributed by atoms with Crippen LogP contribution in [0.1, 0.15) is 58.8 Å². The zero-order valence-corrected chi connectivity index (χ0v) is 18.5. The van der Waals surface area contributed by atoms with E-state index >= 15 is 0 Å². The van der Waals surface area contributed by atoms with Crippen molar-refractivity contribution < 1.29 is 29.4 Å². The molecule has 4 aliphatic rings. The average molecular weight is 450 g/mol. The van der Waals surface area contributed by atoms with Gasteiger partial charge in [-0.05, 0) is 66.8 Å². The predicted molar refractivity (Wildman–Crippen MR) is 110 cm³/mol. The lowest BCUT2D eigenvalue weighted by Gasteiger charge is -2.57. The van der Waals surface area contributed by atoms with Crippen LogP contribution in [-0.4, -0.2) is 35.0 Å². The molecule has 4 aliphatic carbocycles. The SMILES string of the molecule is C[C@]12CC(=O)[C@H]3[C@@H](CCC4=CC(=O)CC[C@@]43C)[C@@H]1CC[C@@H]2C(CO[N+](=O)[O-])CO[N+](=O)[O-]. The summed E-state index contributed by atoms with van der Waals surface area (Å²) in [5.74, 6) is -0.0374. The minimum absolute atomic E-state index is 0.115. The van der Waals surface area contributed by atoms with Gasteiger partial charge in [0.15, 0.2) is 5.78 Å². The summed E-state index contributed by atoms with van der Waals surface area (Å²) in [6, 6.07) is 0. The molecular formula is C22H30N2O8. The van der Waals surface area contributed by atoms with Crippen molar-refractivity contribution in [2.45, 2.75) is 58.8 Å². The van der Waals surface area contributed by atoms with Crippen LogP contribution in [0.3, 0.4) is 0 Å². The molecule has 0 aromatic heterocycles. The molecule has 0 radical (unpaired) electrons. The van der Waals surface area contributed by atoms with Gasteiger partial charge in [-0.2, -0.15) is 0 Å². The Hall–Kier alpha value is -2.52. The van der Waals surface area contributed by atoms with E-state index in [2.05, 4.69) is 23.5 Å². The smallest absolute Gasteiger partial charge is 0.294 e. The maximum Gasteiger partial charge on any atom is 0.294 e. The Morgan fingerprint density at radius 2 is 1.72 bits per heavy atom. The van der Waals surface area contributed by atoms with Crippen LogP contribution in [0, 0.1) is 60.6 Å². The highest BCUT2D eigenvalue weighted by molar-refractivity contribution is 5.93. The largest absolute Gasteiger partial charge is 0.314 e. The lowest BCUT2D eigenvalue weighted by atomic mass is 9.46. The number of hydrogen-bond donors (Lipinski definition) is 0. The third kappa shape index (κ3) is 3.67. The second kappa shape index (κ2) is 8.12. The van der Waals surface area contributed by atoms with Crippen LogP contribution in [0.2, 0.25) is 0 Å². The van der Waals surface area contributed by atoms with Crippen molar-refractivity contribution in [3.8, 4) is 0 Å². The molecule has 176 valence electrons. The quantitative estimate of drug-likeness (QED) is 0.425. The molecule has 6 atom stereocenters. The molecule has 0 aliphatic heterocycles. The molecule has 0 spiro atoms. The van der Waals surface area contributed by atoms with E-state index in [0.29, 0.717) is 19.3 Å². The summed E-state index contributed by atoms with van der Waals surface area (Å²) < 4.78 is 0. The van der Waals surface area contributed by atoms with Crippen LogP contribution < -0.4 is 0 Å². The molecule has 0 aromatic carbocycles. The molecule has 0 aromatic rings. The Kier molecular flexibility index (Phi) is 5.75. The molecule has 0 amide bonds. The monoisotopic (exact) mass is 450 g/mol. The molecular weight excluding hydrogens is 420 g/mol. The number of carbonyl (C=O) groups is 2. The first kappa shape index (κ1) is 22.7. The van der Waals surface area contributed by atoms with Gasteiger partial charge in [0.1, 0.15) is 19.0 Å². The molecule has 0 saturated heterocycles. The molecule has 0 N–H and O–H groups in total. The highest BCUT2D eigenvalue weighted by Crippen LogP contribution is 2.66. The zero-order valence-electron chi connectivity index (χ0n) is 18.5. The van der Waals surface area contributed by atoms with Gasteiger partial charge in [-0.25, -0.2) is 0 Å². The Morgan fingerprint density at radius 3 is 2.34 bits per heavy atom. The van der Waals surface area contributed by atoms with Gasteiger partial charge in [0, 0.05) is 24.7 Å². The number of ketones is 2. The lowest BCUT2D eigenvalue weighted by molar-refractivity contribution is -0.769. The minimum Gasteiger partial charge on any atom is -0.314 e. The maximum absolute atomic E-state index is 13.6. The number of nitrogens with zero attached hydrogens (tertiary/aromatic N) is 2. The van der Waals surface area contributed by atoms with Crippen LogP contribution in [0.15, 0.2) is 11.6 Å². The highest BCUT2D eigenvalue weighted by Gasteiger charge is 2.62. The van der Waals surface area contributed by atoms with Crippen LogP contribution >= 0.6 is 0 Å². The topological polar surface area (TPSA) is 139 Å². The summed E-state index contributed by atoms with van der Waals surface area (Å²) >= 11 is 0. The third-order valence-corrected chi connectivity index (χ3v) is 9.08. The van der Waals surface area contributed by atoms with E-state index in [1.54, 1.807) is 6.08 Å². The van der Waals surface area contributed by atoms with Crippen LogP contribution in [0.25, 0.3) is 0 Å². The number of hydrogen-bond acceptors (Lipinski definition) is 8. The Balaban J connectivity index is 1.61. The fourth-order valence-electron chi connectivity index (χ4n) is 7.79. The van der Waals surface area contributed by atoms with Crippen molar-refractivity contribution in [2.75, 3.05) is 13.2 Å². The average Bonchev–Trinajstić information content (AvgIpc) is 3.04. The molecule has 0 bridgehead atoms. The number of allylic oxidation sites excluding steroid dienone is 1. The van der Waals surface area contributed by atoms with Crippen molar-refractivity contribution in [2.24, 2.45) is 40.4 Å². The van der Waals surface area contributed by atoms with Crippen molar-refractivity contribution in [3.05, 3.63) is 31.9 Å². The fraction of sp³-hybridized carbons (Fsp3) is 0.818. The van der Waals surface area contributed by atoms with Gasteiger partial charge in [0.2, 0.25) is 0 Å². The summed E-state index contributed by atoms with van der Waals surface area (Å²) in [4.78, 5) is 56.4. The number of fused-ring (bicyclic) bond motifs is 5. The van der Waals surface area contributed by atoms with E-state index in [9.17, 15) is 29.8 Å². The normalized spacial score (nSPS) is 38.4. The summed E-state index contributed by atoms with van der Waals surface area (Å²) in [7, 11) is 0. The molecule has 10 nitrogen and oxygen atoms in total. The van der Waals surface area contributed by atoms with Gasteiger partial charge in [-0.15, -0.1) is 20.2 Å². The molecule has 3 saturated carbocycles. The zero-order chi connectivity index (χ0) is 23.3. The first-order chi connectivity index (χ1) is 15.1. The number of carbonyl (C=O) groups excluding carboxylic acids is 2. The van der Waals surface area contributed by atoms with Crippen LogP contribution in [-0.2, 0) is 19.3 Å². The number of rotatable bonds is 7. The Bertz CT molecular complexity index is 854. The first-order valence-corrected chi connectivity index (χ1v) is 11.4. The second-order valence-corrected chi connectivity index (χ2v) is 10.5. The van der Waals surface area contributed by atoms with E-state index in [0.717, 1.165) is 31.3 Å². The highest BCUT2D eigenvalue weighted by atomic mass is 17.0. The number of Topliss-reactive ketones (excluding diaryl/α,β-unsaturated/α-hetero) is 1. The van der Waals surface area contributed by atoms with E-state index in [-0.39, 0.29) is 53.9 Å². The van der Waals surface area contributed by atoms with Gasteiger partial charge in [-0.1, -0.05) is 19.4 Å². The van der Waals surface area contributed by atoms with Gasteiger partial charge in [-0.3, -0.25) is 9.59 Å². The maximum atomic E-state index is 13.6. The van der Waals surface area contributed by atoms with Crippen molar-refractivity contribution in [1.82, 2.24) is 0 Å². The van der Waals surface area contributed by atoms with E-state index < -0.39 is 21.5 Å². The summed E-state index contributed by atoms with van der Waals surface area (Å²) in [5, 5.41) is 19.8. The molecule has 32 heavy (non-hydrogen) atoms. The van der Waals surface area contributed by atoms with E-state index in [1.165, 1.54) is 0 Å². The molecule has 10 heteroatoms. The standard InChI is InChI=1S/C22H30N2O8/c1-21-8-7-15(25)9-14(21)3-4-16-18-6-5-17(22(18,2)10-19(26)20(16)21)13(11-31-23(27)28)12-32-24(29)30/h9,13,16-18,20H,3-8,10-12H2,1-2H3/t16-,17+,18-,20+,21-,22+/m0/s1. The third-order valence-electron chi connectivity index (χ3n) is 9.08. The molecule has 4 rings (SSSR count). The molecule has 0 unspecified atom stereocenters. The van der Waals surface area contributed by atoms with Gasteiger partial charge in [0.05, 0.1) is 0 Å². The summed E-state index contributed by atoms with van der Waals surface area (Å²) in [6.07, 6.45) is 6.53. The van der Waals surface area contributed by atoms with Gasteiger partial charge in [0.25, 0.3) is 10.2 Å². The summed E-state index contributed by atoms with van der Waals surface area (Å²) in [5.41, 5.74) is 0.416. The lowest BCUT2D eigenvalue weighted by Crippen LogP contribution is -2.55. The van der Waals surface area contributed by atoms with Gasteiger partial charge >= 0.3 is 0 Å². The first-order valence-electron chi connectivity index (χ1n) is 11.4. The van der Waals surface area contributed by atoms with Crippen molar-refractivity contribution in [1.29, 1.82) is 0 Å². The molecule has 3 fully saturated rings. The second-order valence-electron chi connectivity index (χ2n) is 10.5. The summed E-state index contributed by atoms with van der Waals surface area (Å²) in [6.45, 7) is 3.62. The Labute approximate surface area is 185 Å². The van der Waals surface area contributed by atoms with Gasteiger partial charge < -0.3 is 9.68 Å². The van der Waals surface area contributed by atoms with Crippen LogP contribution in [0.5, 0.6) is 0 Å². The Morgan fingerprint density at radius 1 is 1.06 bits per heavy atom. The van der Waals surface area contributed by atoms with Crippen molar-refractivity contribution >= 4 is 11.6 Å². The molecule has 0 heterocycles. The van der Waals surface area contributed by atoms with Crippen LogP contribution in [0.4, 0.5) is 0 Å². The van der Waals surface area contributed by atoms with E-state index in [1.807, 2.05) is 0 Å². The predicted octanol–water partition coefficient (Wildman–Crippen LogP) is 3.35. The van der Waals surface area contributed by atoms with Crippen molar-refractivity contribution in [3.63, 3.8) is 0 Å². The minimum atomic E-state index is -0.893. The fourth-order valence-corrected chi connectivity index (χ4v) is 7.79.